The van der Waals surface area contributed by atoms with Crippen LogP contribution in [0.3, 0.4) is 0 Å². The molecule has 0 spiro atoms. The van der Waals surface area contributed by atoms with Crippen LogP contribution in [-0.4, -0.2) is 25.9 Å². The van der Waals surface area contributed by atoms with Crippen LogP contribution in [0.4, 0.5) is 0 Å². The maximum absolute atomic E-state index is 10.3. The lowest BCUT2D eigenvalue weighted by Gasteiger charge is -2.10. The van der Waals surface area contributed by atoms with E-state index in [1.165, 1.54) is 77.9 Å². The molecule has 11 heteroatoms. The summed E-state index contributed by atoms with van der Waals surface area (Å²) in [5.41, 5.74) is 0. The molecular formula is C48H38O7S4. The van der Waals surface area contributed by atoms with Gasteiger partial charge in [0.2, 0.25) is 0 Å². The Hall–Kier alpha value is -5.92. The molecule has 0 bridgehead atoms. The third-order valence-electron chi connectivity index (χ3n) is 8.33. The van der Waals surface area contributed by atoms with E-state index < -0.39 is 20.2 Å². The Labute approximate surface area is 351 Å². The van der Waals surface area contributed by atoms with Crippen molar-refractivity contribution in [2.45, 2.75) is 39.2 Å². The molecule has 0 unspecified atom stereocenters. The lowest BCUT2D eigenvalue weighted by atomic mass is 10.3. The van der Waals surface area contributed by atoms with E-state index in [4.69, 9.17) is 4.74 Å². The first-order valence-corrected chi connectivity index (χ1v) is 23.4. The molecule has 0 aliphatic rings. The van der Waals surface area contributed by atoms with E-state index in [0.29, 0.717) is 0 Å². The predicted molar refractivity (Wildman–Crippen MR) is 232 cm³/mol. The van der Waals surface area contributed by atoms with Crippen molar-refractivity contribution in [2.24, 2.45) is 0 Å². The van der Waals surface area contributed by atoms with Gasteiger partial charge in [0.25, 0.3) is 0 Å². The summed E-state index contributed by atoms with van der Waals surface area (Å²) >= 11 is 0. The maximum Gasteiger partial charge on any atom is 0.166 e. The first-order chi connectivity index (χ1) is 28.6. The van der Waals surface area contributed by atoms with Gasteiger partial charge < -0.3 is 13.8 Å². The molecule has 0 atom stereocenters. The second-order valence-electron chi connectivity index (χ2n) is 12.4. The SMILES string of the molecule is O=S(=O)([O-])c1ccccc1.O=S(=O)([O-])c1ccccc1.c1ccc([S+](c2ccccc2)c2ccc(Oc3ccc([S+](c4ccccc4)c4ccccc4)cc3)cc2)cc1. The highest BCUT2D eigenvalue weighted by Crippen LogP contribution is 2.35. The van der Waals surface area contributed by atoms with Crippen LogP contribution in [0.2, 0.25) is 0 Å². The number of rotatable bonds is 10. The van der Waals surface area contributed by atoms with Crippen molar-refractivity contribution in [2.75, 3.05) is 0 Å². The van der Waals surface area contributed by atoms with Crippen LogP contribution in [0.5, 0.6) is 11.5 Å². The quantitative estimate of drug-likeness (QED) is 0.0991. The fraction of sp³-hybridized carbons (Fsp3) is 0. The van der Waals surface area contributed by atoms with Gasteiger partial charge >= 0.3 is 0 Å². The van der Waals surface area contributed by atoms with E-state index in [0.717, 1.165) is 11.5 Å². The van der Waals surface area contributed by atoms with Crippen LogP contribution in [-0.2, 0) is 42.0 Å². The topological polar surface area (TPSA) is 124 Å². The lowest BCUT2D eigenvalue weighted by Crippen LogP contribution is -2.04. The molecule has 7 nitrogen and oxygen atoms in total. The summed E-state index contributed by atoms with van der Waals surface area (Å²) in [6.45, 7) is 0. The van der Waals surface area contributed by atoms with Gasteiger partial charge in [-0.15, -0.1) is 0 Å². The highest BCUT2D eigenvalue weighted by Gasteiger charge is 2.29. The number of benzene rings is 8. The van der Waals surface area contributed by atoms with E-state index in [2.05, 4.69) is 170 Å². The number of hydrogen-bond donors (Lipinski definition) is 0. The summed E-state index contributed by atoms with van der Waals surface area (Å²) < 4.78 is 67.9. The Balaban J connectivity index is 0.000000238. The van der Waals surface area contributed by atoms with E-state index in [-0.39, 0.29) is 31.6 Å². The van der Waals surface area contributed by atoms with Crippen LogP contribution < -0.4 is 4.74 Å². The van der Waals surface area contributed by atoms with E-state index >= 15 is 0 Å². The van der Waals surface area contributed by atoms with Gasteiger partial charge in [0.1, 0.15) is 31.7 Å². The van der Waals surface area contributed by atoms with Crippen molar-refractivity contribution >= 4 is 42.0 Å². The monoisotopic (exact) mass is 854 g/mol. The smallest absolute Gasteiger partial charge is 0.166 e. The van der Waals surface area contributed by atoms with E-state index in [1.54, 1.807) is 12.1 Å². The van der Waals surface area contributed by atoms with Crippen molar-refractivity contribution < 1.29 is 30.7 Å². The maximum atomic E-state index is 10.3. The summed E-state index contributed by atoms with van der Waals surface area (Å²) in [5.74, 6) is 1.67. The molecule has 0 saturated carbocycles. The van der Waals surface area contributed by atoms with E-state index in [9.17, 15) is 25.9 Å². The molecule has 0 fully saturated rings. The van der Waals surface area contributed by atoms with Crippen LogP contribution in [0.15, 0.2) is 270 Å². The zero-order valence-corrected chi connectivity index (χ0v) is 34.7. The van der Waals surface area contributed by atoms with Crippen LogP contribution in [0.25, 0.3) is 0 Å². The largest absolute Gasteiger partial charge is 0.744 e. The molecule has 0 radical (unpaired) electrons. The molecule has 296 valence electrons. The molecule has 0 amide bonds. The second kappa shape index (κ2) is 20.7. The molecular weight excluding hydrogens is 817 g/mol. The van der Waals surface area contributed by atoms with Crippen LogP contribution in [0, 0.1) is 0 Å². The zero-order chi connectivity index (χ0) is 41.5. The molecule has 0 aromatic heterocycles. The summed E-state index contributed by atoms with van der Waals surface area (Å²) in [4.78, 5) is 7.39. The lowest BCUT2D eigenvalue weighted by molar-refractivity contribution is 0.461. The molecule has 0 N–H and O–H groups in total. The van der Waals surface area contributed by atoms with Crippen molar-refractivity contribution in [1.29, 1.82) is 0 Å². The average Bonchev–Trinajstić information content (AvgIpc) is 3.27. The summed E-state index contributed by atoms with van der Waals surface area (Å²) in [6, 6.07) is 74.3. The Morgan fingerprint density at radius 1 is 0.288 bits per heavy atom. The standard InChI is InChI=1S/C36H28OS2.2C6H6O3S/c1-5-13-31(14-6-1)38(32-15-7-2-8-16-32)35-25-21-29(22-26-35)37-30-23-27-36(28-24-30)39(33-17-9-3-10-18-33)34-19-11-4-12-20-34;2*7-10(8,9)6-4-2-1-3-5-6/h1-28H;2*1-5H,(H,7,8,9)/q+2;;/p-2. The van der Waals surface area contributed by atoms with Gasteiger partial charge in [0.05, 0.1) is 31.6 Å². The highest BCUT2D eigenvalue weighted by molar-refractivity contribution is 7.97. The normalized spacial score (nSPS) is 11.1. The van der Waals surface area contributed by atoms with Crippen LogP contribution in [0.1, 0.15) is 0 Å². The predicted octanol–water partition coefficient (Wildman–Crippen LogP) is 10.9. The molecule has 8 aromatic rings. The molecule has 8 aromatic carbocycles. The first kappa shape index (κ1) is 42.7. The molecule has 0 aliphatic carbocycles. The minimum Gasteiger partial charge on any atom is -0.744 e. The van der Waals surface area contributed by atoms with Gasteiger partial charge in [-0.25, -0.2) is 16.8 Å². The molecule has 59 heavy (non-hydrogen) atoms. The third-order valence-corrected chi connectivity index (χ3v) is 14.5. The second-order valence-corrected chi connectivity index (χ2v) is 19.3. The molecule has 0 heterocycles. The minimum atomic E-state index is -4.25. The minimum absolute atomic E-state index is 0.169. The Kier molecular flexibility index (Phi) is 15.0. The highest BCUT2D eigenvalue weighted by atomic mass is 32.2. The van der Waals surface area contributed by atoms with Crippen LogP contribution >= 0.6 is 0 Å². The van der Waals surface area contributed by atoms with Crippen molar-refractivity contribution in [1.82, 2.24) is 0 Å². The average molecular weight is 855 g/mol. The number of ether oxygens (including phenoxy) is 1. The van der Waals surface area contributed by atoms with Gasteiger partial charge in [-0.2, -0.15) is 0 Å². The summed E-state index contributed by atoms with van der Waals surface area (Å²) in [5, 5.41) is 0. The van der Waals surface area contributed by atoms with Gasteiger partial charge in [-0.05, 0) is 121 Å². The summed E-state index contributed by atoms with van der Waals surface area (Å²) in [6.07, 6.45) is 0. The van der Waals surface area contributed by atoms with Crippen molar-refractivity contribution in [3.8, 4) is 11.5 Å². The molecule has 0 aliphatic heterocycles. The fourth-order valence-corrected chi connectivity index (χ4v) is 10.8. The van der Waals surface area contributed by atoms with Gasteiger partial charge in [-0.3, -0.25) is 0 Å². The molecule has 0 saturated heterocycles. The zero-order valence-electron chi connectivity index (χ0n) is 31.4. The van der Waals surface area contributed by atoms with Gasteiger partial charge in [0.15, 0.2) is 29.4 Å². The Bertz CT molecular complexity index is 2420. The fourth-order valence-electron chi connectivity index (χ4n) is 5.64. The molecule has 8 rings (SSSR count). The van der Waals surface area contributed by atoms with Crippen molar-refractivity contribution in [3.05, 3.63) is 231 Å². The Morgan fingerprint density at radius 3 is 0.695 bits per heavy atom. The van der Waals surface area contributed by atoms with Gasteiger partial charge in [0, 0.05) is 0 Å². The summed E-state index contributed by atoms with van der Waals surface area (Å²) in [7, 11) is -8.84. The van der Waals surface area contributed by atoms with Crippen molar-refractivity contribution in [3.63, 3.8) is 0 Å². The Morgan fingerprint density at radius 2 is 0.492 bits per heavy atom. The first-order valence-electron chi connectivity index (χ1n) is 18.1. The third kappa shape index (κ3) is 12.5. The number of hydrogen-bond acceptors (Lipinski definition) is 7. The van der Waals surface area contributed by atoms with Gasteiger partial charge in [-0.1, -0.05) is 109 Å². The van der Waals surface area contributed by atoms with E-state index in [1.807, 2.05) is 0 Å².